The van der Waals surface area contributed by atoms with Gasteiger partial charge in [0.1, 0.15) is 24.0 Å². The summed E-state index contributed by atoms with van der Waals surface area (Å²) in [5.41, 5.74) is 1.69. The van der Waals surface area contributed by atoms with Crippen LogP contribution >= 0.6 is 0 Å². The summed E-state index contributed by atoms with van der Waals surface area (Å²) in [4.78, 5) is 53.9. The summed E-state index contributed by atoms with van der Waals surface area (Å²) in [6, 6.07) is -0.937. The number of nitrogens with zero attached hydrogens (tertiary/aromatic N) is 1. The van der Waals surface area contributed by atoms with Crippen molar-refractivity contribution >= 4 is 23.4 Å². The molecule has 0 radical (unpaired) electrons. The predicted molar refractivity (Wildman–Crippen MR) is 219 cm³/mol. The molecule has 1 aliphatic carbocycles. The van der Waals surface area contributed by atoms with Crippen molar-refractivity contribution in [2.45, 2.75) is 167 Å². The van der Waals surface area contributed by atoms with Gasteiger partial charge < -0.3 is 43.9 Å². The van der Waals surface area contributed by atoms with Gasteiger partial charge in [0.25, 0.3) is 5.91 Å². The first-order valence-corrected chi connectivity index (χ1v) is 21.2. The van der Waals surface area contributed by atoms with E-state index in [9.17, 15) is 34.5 Å². The second kappa shape index (κ2) is 23.9. The molecule has 0 aromatic carbocycles. The lowest BCUT2D eigenvalue weighted by atomic mass is 9.81. The molecule has 3 N–H and O–H groups in total. The van der Waals surface area contributed by atoms with Crippen LogP contribution in [0.4, 0.5) is 0 Å². The zero-order chi connectivity index (χ0) is 43.3. The molecule has 1 amide bonds. The third kappa shape index (κ3) is 13.9. The molecule has 0 aromatic rings. The summed E-state index contributed by atoms with van der Waals surface area (Å²) in [5, 5.41) is 32.5. The monoisotopic (exact) mass is 820 g/mol. The van der Waals surface area contributed by atoms with Crippen LogP contribution in [0.3, 0.4) is 0 Å². The lowest BCUT2D eigenvalue weighted by Gasteiger charge is -2.41. The SMILES string of the molecule is C=CC[C@H](/C=C(\C)C[C@H](C)CC(OC)C1OC(O)[C@H](C)CC1OC)C(=O)CC(O)[C@@H](C)C(OC(=O)[C@@H]1CCCCN1C(=O)C(C)=O)/C(C)=C/C1CCC(O)C(OC)C1. The zero-order valence-corrected chi connectivity index (χ0v) is 36.5. The van der Waals surface area contributed by atoms with Crippen molar-refractivity contribution in [1.82, 2.24) is 4.90 Å². The molecule has 3 aliphatic rings. The first-order valence-electron chi connectivity index (χ1n) is 21.2. The van der Waals surface area contributed by atoms with E-state index in [0.717, 1.165) is 5.57 Å². The molecule has 0 bridgehead atoms. The standard InChI is InChI=1S/C45H73NO12/c1-11-14-33(20-26(2)19-27(3)21-39(55-9)42-40(56-10)23-29(5)44(52)58-42)37(50)25-36(49)30(6)41(28(4)22-32-16-17-35(48)38(24-32)54-8)57-45(53)34-15-12-13-18-46(34)43(51)31(7)47/h11,20,22,27,29-30,32-36,38-42,44,48-49,52H,1,12-19,21,23-25H2,2-10H3/b26-20+,28-22+/t27-,29+,30+,32?,33+,34-,35?,36?,38?,39?,40?,41?,42?,44?/m0/s1. The number of ketones is 2. The number of ether oxygens (including phenoxy) is 5. The molecule has 330 valence electrons. The highest BCUT2D eigenvalue weighted by Gasteiger charge is 2.41. The number of rotatable bonds is 21. The second-order valence-electron chi connectivity index (χ2n) is 17.3. The Balaban J connectivity index is 1.78. The van der Waals surface area contributed by atoms with E-state index < -0.39 is 66.2 Å². The van der Waals surface area contributed by atoms with Gasteiger partial charge in [-0.2, -0.15) is 0 Å². The van der Waals surface area contributed by atoms with Crippen molar-refractivity contribution in [1.29, 1.82) is 0 Å². The maximum absolute atomic E-state index is 13.9. The van der Waals surface area contributed by atoms with Gasteiger partial charge in [0.05, 0.1) is 30.5 Å². The highest BCUT2D eigenvalue weighted by Crippen LogP contribution is 2.34. The molecule has 14 atom stereocenters. The van der Waals surface area contributed by atoms with Crippen LogP contribution in [0.5, 0.6) is 0 Å². The fourth-order valence-electron chi connectivity index (χ4n) is 9.04. The Morgan fingerprint density at radius 3 is 2.26 bits per heavy atom. The van der Waals surface area contributed by atoms with Crippen LogP contribution in [0.15, 0.2) is 36.0 Å². The number of hydrogen-bond acceptors (Lipinski definition) is 12. The van der Waals surface area contributed by atoms with Gasteiger partial charge in [-0.3, -0.25) is 14.4 Å². The topological polar surface area (TPSA) is 178 Å². The van der Waals surface area contributed by atoms with E-state index >= 15 is 0 Å². The molecule has 1 saturated carbocycles. The van der Waals surface area contributed by atoms with Crippen LogP contribution in [0.1, 0.15) is 112 Å². The molecule has 2 heterocycles. The van der Waals surface area contributed by atoms with Gasteiger partial charge in [-0.05, 0) is 95.5 Å². The first-order chi connectivity index (χ1) is 27.4. The number of carbonyl (C=O) groups is 4. The Bertz CT molecular complexity index is 1430. The van der Waals surface area contributed by atoms with Crippen LogP contribution < -0.4 is 0 Å². The fourth-order valence-corrected chi connectivity index (χ4v) is 9.04. The predicted octanol–water partition coefficient (Wildman–Crippen LogP) is 5.28. The molecular weight excluding hydrogens is 746 g/mol. The number of Topliss-reactive ketones (excluding diaryl/α,β-unsaturated/α-hetero) is 2. The van der Waals surface area contributed by atoms with Gasteiger partial charge in [-0.1, -0.05) is 44.6 Å². The number of hydrogen-bond donors (Lipinski definition) is 3. The number of likely N-dealkylation sites (tertiary alicyclic amines) is 1. The van der Waals surface area contributed by atoms with E-state index in [1.54, 1.807) is 34.3 Å². The Kier molecular flexibility index (Phi) is 20.4. The molecule has 9 unspecified atom stereocenters. The van der Waals surface area contributed by atoms with Gasteiger partial charge in [0.15, 0.2) is 6.29 Å². The Hall–Kier alpha value is -2.78. The van der Waals surface area contributed by atoms with Gasteiger partial charge in [0, 0.05) is 59.0 Å². The van der Waals surface area contributed by atoms with Crippen LogP contribution in [-0.4, -0.2) is 127 Å². The van der Waals surface area contributed by atoms with Crippen molar-refractivity contribution in [3.8, 4) is 0 Å². The molecule has 2 aliphatic heterocycles. The van der Waals surface area contributed by atoms with Gasteiger partial charge in [-0.15, -0.1) is 6.58 Å². The van der Waals surface area contributed by atoms with Crippen LogP contribution in [0.25, 0.3) is 0 Å². The molecule has 2 saturated heterocycles. The van der Waals surface area contributed by atoms with E-state index in [2.05, 4.69) is 13.5 Å². The molecular formula is C45H73NO12. The smallest absolute Gasteiger partial charge is 0.329 e. The van der Waals surface area contributed by atoms with Crippen molar-refractivity contribution < 1.29 is 58.2 Å². The average Bonchev–Trinajstić information content (AvgIpc) is 3.19. The maximum atomic E-state index is 13.9. The van der Waals surface area contributed by atoms with E-state index in [1.165, 1.54) is 11.8 Å². The lowest BCUT2D eigenvalue weighted by Crippen LogP contribution is -2.51. The van der Waals surface area contributed by atoms with Crippen molar-refractivity contribution in [3.05, 3.63) is 36.0 Å². The number of amides is 1. The molecule has 13 nitrogen and oxygen atoms in total. The summed E-state index contributed by atoms with van der Waals surface area (Å²) in [5.74, 6) is -3.35. The highest BCUT2D eigenvalue weighted by atomic mass is 16.6. The number of allylic oxidation sites excluding steroid dienone is 4. The quantitative estimate of drug-likeness (QED) is 0.0778. The summed E-state index contributed by atoms with van der Waals surface area (Å²) in [6.45, 7) is 14.9. The third-order valence-corrected chi connectivity index (χ3v) is 12.5. The number of aliphatic hydroxyl groups is 3. The van der Waals surface area contributed by atoms with Gasteiger partial charge >= 0.3 is 5.97 Å². The second-order valence-corrected chi connectivity index (χ2v) is 17.3. The minimum atomic E-state index is -1.18. The highest BCUT2D eigenvalue weighted by molar-refractivity contribution is 6.35. The number of aliphatic hydroxyl groups excluding tert-OH is 3. The van der Waals surface area contributed by atoms with Crippen molar-refractivity contribution in [2.75, 3.05) is 27.9 Å². The molecule has 3 rings (SSSR count). The lowest BCUT2D eigenvalue weighted by molar-refractivity contribution is -0.254. The van der Waals surface area contributed by atoms with E-state index in [-0.39, 0.29) is 54.8 Å². The number of carbonyl (C=O) groups excluding carboxylic acids is 4. The van der Waals surface area contributed by atoms with Gasteiger partial charge in [-0.25, -0.2) is 4.79 Å². The van der Waals surface area contributed by atoms with Crippen molar-refractivity contribution in [3.63, 3.8) is 0 Å². The van der Waals surface area contributed by atoms with E-state index in [4.69, 9.17) is 23.7 Å². The molecule has 13 heteroatoms. The van der Waals surface area contributed by atoms with E-state index in [0.29, 0.717) is 69.8 Å². The van der Waals surface area contributed by atoms with Crippen LogP contribution in [0.2, 0.25) is 0 Å². The molecule has 0 aromatic heterocycles. The number of piperidine rings is 1. The summed E-state index contributed by atoms with van der Waals surface area (Å²) in [6.07, 6.45) is 6.46. The summed E-state index contributed by atoms with van der Waals surface area (Å²) < 4.78 is 29.2. The summed E-state index contributed by atoms with van der Waals surface area (Å²) in [7, 11) is 4.84. The van der Waals surface area contributed by atoms with Crippen LogP contribution in [-0.2, 0) is 42.9 Å². The zero-order valence-electron chi connectivity index (χ0n) is 36.5. The summed E-state index contributed by atoms with van der Waals surface area (Å²) >= 11 is 0. The first kappa shape index (κ1) is 49.6. The minimum Gasteiger partial charge on any atom is -0.456 e. The van der Waals surface area contributed by atoms with Crippen molar-refractivity contribution in [2.24, 2.45) is 29.6 Å². The third-order valence-electron chi connectivity index (χ3n) is 12.5. The Morgan fingerprint density at radius 1 is 0.948 bits per heavy atom. The largest absolute Gasteiger partial charge is 0.456 e. The minimum absolute atomic E-state index is 0.0181. The number of methoxy groups -OCH3 is 3. The number of esters is 1. The van der Waals surface area contributed by atoms with Gasteiger partial charge in [0.2, 0.25) is 5.78 Å². The fraction of sp³-hybridized carbons (Fsp3) is 0.778. The van der Waals surface area contributed by atoms with E-state index in [1.807, 2.05) is 32.9 Å². The Morgan fingerprint density at radius 2 is 1.64 bits per heavy atom. The molecule has 3 fully saturated rings. The average molecular weight is 820 g/mol. The molecule has 58 heavy (non-hydrogen) atoms. The maximum Gasteiger partial charge on any atom is 0.329 e. The molecule has 0 spiro atoms. The normalized spacial score (nSPS) is 30.4. The van der Waals surface area contributed by atoms with Crippen LogP contribution in [0, 0.1) is 29.6 Å². The Labute approximate surface area is 346 Å².